The standard InChI is InChI=1S/C19H16F2O4S/c1-11-7-18(22)25-15-9-13(4-5-14(11)15)24-10-12-3-6-17(26-19(20)21)16(8-12)23-2/h3-9,19H,10H2,1-2H3. The summed E-state index contributed by atoms with van der Waals surface area (Å²) < 4.78 is 41.2. The fraction of sp³-hybridized carbons (Fsp3) is 0.211. The minimum atomic E-state index is -2.51. The summed E-state index contributed by atoms with van der Waals surface area (Å²) in [5.74, 6) is -1.60. The van der Waals surface area contributed by atoms with Crippen molar-refractivity contribution in [2.75, 3.05) is 7.11 Å². The SMILES string of the molecule is COc1cc(COc2ccc3c(C)cc(=O)oc3c2)ccc1SC(F)F. The molecule has 2 aromatic carbocycles. The van der Waals surface area contributed by atoms with E-state index in [-0.39, 0.29) is 6.61 Å². The molecule has 4 nitrogen and oxygen atoms in total. The number of aryl methyl sites for hydroxylation is 1. The quantitative estimate of drug-likeness (QED) is 0.446. The molecule has 0 atom stereocenters. The number of halogens is 2. The van der Waals surface area contributed by atoms with Gasteiger partial charge in [-0.15, -0.1) is 0 Å². The summed E-state index contributed by atoms with van der Waals surface area (Å²) in [7, 11) is 1.43. The van der Waals surface area contributed by atoms with Crippen LogP contribution < -0.4 is 15.1 Å². The van der Waals surface area contributed by atoms with Gasteiger partial charge in [-0.2, -0.15) is 8.78 Å². The van der Waals surface area contributed by atoms with Gasteiger partial charge in [-0.1, -0.05) is 17.8 Å². The Labute approximate surface area is 152 Å². The highest BCUT2D eigenvalue weighted by Gasteiger charge is 2.12. The third-order valence-corrected chi connectivity index (χ3v) is 4.54. The van der Waals surface area contributed by atoms with E-state index in [1.165, 1.54) is 13.2 Å². The van der Waals surface area contributed by atoms with Gasteiger partial charge in [-0.05, 0) is 42.3 Å². The molecule has 0 aliphatic carbocycles. The van der Waals surface area contributed by atoms with Gasteiger partial charge in [0.05, 0.1) is 12.0 Å². The van der Waals surface area contributed by atoms with Crippen molar-refractivity contribution in [3.63, 3.8) is 0 Å². The van der Waals surface area contributed by atoms with Crippen molar-refractivity contribution >= 4 is 22.7 Å². The van der Waals surface area contributed by atoms with Gasteiger partial charge in [-0.25, -0.2) is 4.79 Å². The third kappa shape index (κ3) is 4.16. The molecule has 3 rings (SSSR count). The zero-order valence-corrected chi connectivity index (χ0v) is 14.9. The predicted molar refractivity (Wildman–Crippen MR) is 96.4 cm³/mol. The van der Waals surface area contributed by atoms with Crippen LogP contribution in [0.15, 0.2) is 56.6 Å². The molecule has 0 radical (unpaired) electrons. The number of rotatable bonds is 6. The van der Waals surface area contributed by atoms with E-state index in [0.717, 1.165) is 16.5 Å². The van der Waals surface area contributed by atoms with E-state index in [0.29, 0.717) is 33.7 Å². The number of fused-ring (bicyclic) bond motifs is 1. The smallest absolute Gasteiger partial charge is 0.336 e. The van der Waals surface area contributed by atoms with Crippen LogP contribution in [0.5, 0.6) is 11.5 Å². The Balaban J connectivity index is 1.78. The molecule has 1 aromatic heterocycles. The van der Waals surface area contributed by atoms with Crippen LogP contribution in [0.2, 0.25) is 0 Å². The molecule has 0 bridgehead atoms. The van der Waals surface area contributed by atoms with Crippen LogP contribution in [-0.2, 0) is 6.61 Å². The molecule has 0 aliphatic rings. The van der Waals surface area contributed by atoms with E-state index in [1.54, 1.807) is 30.3 Å². The maximum atomic E-state index is 12.5. The van der Waals surface area contributed by atoms with Crippen molar-refractivity contribution in [2.45, 2.75) is 24.2 Å². The normalized spacial score (nSPS) is 11.1. The highest BCUT2D eigenvalue weighted by molar-refractivity contribution is 7.99. The van der Waals surface area contributed by atoms with E-state index < -0.39 is 11.4 Å². The Kier molecular flexibility index (Phi) is 5.46. The van der Waals surface area contributed by atoms with Crippen molar-refractivity contribution in [1.82, 2.24) is 0 Å². The van der Waals surface area contributed by atoms with E-state index in [9.17, 15) is 13.6 Å². The highest BCUT2D eigenvalue weighted by Crippen LogP contribution is 2.34. The van der Waals surface area contributed by atoms with Gasteiger partial charge < -0.3 is 13.9 Å². The maximum absolute atomic E-state index is 12.5. The number of thioether (sulfide) groups is 1. The van der Waals surface area contributed by atoms with Gasteiger partial charge >= 0.3 is 5.63 Å². The number of hydrogen-bond donors (Lipinski definition) is 0. The Bertz CT molecular complexity index is 985. The van der Waals surface area contributed by atoms with Crippen molar-refractivity contribution in [3.8, 4) is 11.5 Å². The minimum absolute atomic E-state index is 0.220. The topological polar surface area (TPSA) is 48.7 Å². The first-order chi connectivity index (χ1) is 12.5. The Morgan fingerprint density at radius 2 is 1.96 bits per heavy atom. The average molecular weight is 378 g/mol. The molecular weight excluding hydrogens is 362 g/mol. The molecule has 0 amide bonds. The fourth-order valence-electron chi connectivity index (χ4n) is 2.56. The number of methoxy groups -OCH3 is 1. The van der Waals surface area contributed by atoms with Gasteiger partial charge in [0.1, 0.15) is 23.7 Å². The molecule has 0 fully saturated rings. The molecule has 7 heteroatoms. The summed E-state index contributed by atoms with van der Waals surface area (Å²) in [4.78, 5) is 11.9. The van der Waals surface area contributed by atoms with E-state index >= 15 is 0 Å². The van der Waals surface area contributed by atoms with Gasteiger partial charge in [-0.3, -0.25) is 0 Å². The van der Waals surface area contributed by atoms with Crippen LogP contribution in [0.3, 0.4) is 0 Å². The Hall–Kier alpha value is -2.54. The lowest BCUT2D eigenvalue weighted by atomic mass is 10.1. The van der Waals surface area contributed by atoms with Crippen molar-refractivity contribution in [1.29, 1.82) is 0 Å². The fourth-order valence-corrected chi connectivity index (χ4v) is 3.15. The second kappa shape index (κ2) is 7.78. The lowest BCUT2D eigenvalue weighted by Gasteiger charge is -2.11. The number of alkyl halides is 2. The number of ether oxygens (including phenoxy) is 2. The summed E-state index contributed by atoms with van der Waals surface area (Å²) in [6.07, 6.45) is 0. The molecule has 3 aromatic rings. The Morgan fingerprint density at radius 1 is 1.15 bits per heavy atom. The molecule has 26 heavy (non-hydrogen) atoms. The predicted octanol–water partition coefficient (Wildman–Crippen LogP) is 5.00. The second-order valence-electron chi connectivity index (χ2n) is 5.56. The molecule has 136 valence electrons. The zero-order chi connectivity index (χ0) is 18.7. The number of hydrogen-bond acceptors (Lipinski definition) is 5. The summed E-state index contributed by atoms with van der Waals surface area (Å²) in [5, 5.41) is 0.840. The molecule has 0 spiro atoms. The molecule has 0 saturated carbocycles. The monoisotopic (exact) mass is 378 g/mol. The zero-order valence-electron chi connectivity index (χ0n) is 14.1. The summed E-state index contributed by atoms with van der Waals surface area (Å²) >= 11 is 0.436. The van der Waals surface area contributed by atoms with Gasteiger partial charge in [0.2, 0.25) is 0 Å². The van der Waals surface area contributed by atoms with Crippen molar-refractivity contribution in [2.24, 2.45) is 0 Å². The first kappa shape index (κ1) is 18.3. The van der Waals surface area contributed by atoms with Crippen LogP contribution >= 0.6 is 11.8 Å². The van der Waals surface area contributed by atoms with Crippen molar-refractivity contribution < 1.29 is 22.7 Å². The van der Waals surface area contributed by atoms with Crippen LogP contribution in [0.1, 0.15) is 11.1 Å². The lowest BCUT2D eigenvalue weighted by molar-refractivity contribution is 0.251. The minimum Gasteiger partial charge on any atom is -0.496 e. The maximum Gasteiger partial charge on any atom is 0.336 e. The van der Waals surface area contributed by atoms with E-state index in [4.69, 9.17) is 13.9 Å². The third-order valence-electron chi connectivity index (χ3n) is 3.77. The van der Waals surface area contributed by atoms with Crippen LogP contribution in [-0.4, -0.2) is 12.9 Å². The van der Waals surface area contributed by atoms with Gasteiger partial charge in [0, 0.05) is 17.5 Å². The van der Waals surface area contributed by atoms with Gasteiger partial charge in [0.15, 0.2) is 0 Å². The molecule has 0 saturated heterocycles. The van der Waals surface area contributed by atoms with Gasteiger partial charge in [0.25, 0.3) is 5.76 Å². The average Bonchev–Trinajstić information content (AvgIpc) is 2.59. The molecule has 0 N–H and O–H groups in total. The Morgan fingerprint density at radius 3 is 2.69 bits per heavy atom. The van der Waals surface area contributed by atoms with Crippen LogP contribution in [0, 0.1) is 6.92 Å². The molecule has 1 heterocycles. The van der Waals surface area contributed by atoms with Crippen LogP contribution in [0.4, 0.5) is 8.78 Å². The largest absolute Gasteiger partial charge is 0.496 e. The van der Waals surface area contributed by atoms with Crippen LogP contribution in [0.25, 0.3) is 11.0 Å². The summed E-state index contributed by atoms with van der Waals surface area (Å²) in [6.45, 7) is 2.06. The van der Waals surface area contributed by atoms with Crippen molar-refractivity contribution in [3.05, 3.63) is 64.0 Å². The lowest BCUT2D eigenvalue weighted by Crippen LogP contribution is -1.99. The highest BCUT2D eigenvalue weighted by atomic mass is 32.2. The summed E-state index contributed by atoms with van der Waals surface area (Å²) in [5.41, 5.74) is 1.64. The van der Waals surface area contributed by atoms with E-state index in [2.05, 4.69) is 0 Å². The second-order valence-corrected chi connectivity index (χ2v) is 6.59. The first-order valence-electron chi connectivity index (χ1n) is 7.75. The summed E-state index contributed by atoms with van der Waals surface area (Å²) in [6, 6.07) is 11.7. The van der Waals surface area contributed by atoms with E-state index in [1.807, 2.05) is 13.0 Å². The number of benzene rings is 2. The molecule has 0 aliphatic heterocycles. The molecular formula is C19H16F2O4S. The molecule has 0 unspecified atom stereocenters. The first-order valence-corrected chi connectivity index (χ1v) is 8.63.